The molecule has 2 aromatic rings. The number of rotatable bonds is 3. The summed E-state index contributed by atoms with van der Waals surface area (Å²) in [5, 5.41) is 11.4. The van der Waals surface area contributed by atoms with Gasteiger partial charge >= 0.3 is 5.97 Å². The van der Waals surface area contributed by atoms with Crippen molar-refractivity contribution in [3.63, 3.8) is 0 Å². The van der Waals surface area contributed by atoms with Crippen molar-refractivity contribution in [2.24, 2.45) is 0 Å². The second-order valence-corrected chi connectivity index (χ2v) is 5.93. The van der Waals surface area contributed by atoms with Crippen LogP contribution in [0.25, 0.3) is 10.8 Å². The normalized spacial score (nSPS) is 11.3. The predicted molar refractivity (Wildman–Crippen MR) is 83.9 cm³/mol. The largest absolute Gasteiger partial charge is 0.507 e. The molecule has 0 amide bonds. The molecule has 5 heteroatoms. The Bertz CT molecular complexity index is 713. The molecule has 0 fully saturated rings. The van der Waals surface area contributed by atoms with Gasteiger partial charge in [-0.1, -0.05) is 0 Å². The lowest BCUT2D eigenvalue weighted by atomic mass is 10.0. The van der Waals surface area contributed by atoms with Crippen LogP contribution in [0.2, 0.25) is 0 Å². The lowest BCUT2D eigenvalue weighted by Gasteiger charge is -2.20. The summed E-state index contributed by atoms with van der Waals surface area (Å²) in [4.78, 5) is 12.2. The van der Waals surface area contributed by atoms with Crippen molar-refractivity contribution < 1.29 is 24.1 Å². The van der Waals surface area contributed by atoms with Crippen LogP contribution in [0.15, 0.2) is 24.3 Å². The third-order valence-corrected chi connectivity index (χ3v) is 3.06. The van der Waals surface area contributed by atoms with Crippen LogP contribution < -0.4 is 9.47 Å². The van der Waals surface area contributed by atoms with Crippen LogP contribution in [0.4, 0.5) is 0 Å². The van der Waals surface area contributed by atoms with E-state index in [1.165, 1.54) is 20.3 Å². The standard InChI is InChI=1S/C17H20O5/c1-17(2,3)22-16(19)11-6-10-7-12(20-4)9-14(21-5)15(10)13(18)8-11/h6-9,18H,1-5H3. The monoisotopic (exact) mass is 304 g/mol. The summed E-state index contributed by atoms with van der Waals surface area (Å²) in [6, 6.07) is 6.43. The van der Waals surface area contributed by atoms with Crippen molar-refractivity contribution in [1.82, 2.24) is 0 Å². The summed E-state index contributed by atoms with van der Waals surface area (Å²) in [5.41, 5.74) is -0.330. The highest BCUT2D eigenvalue weighted by atomic mass is 16.6. The third-order valence-electron chi connectivity index (χ3n) is 3.06. The van der Waals surface area contributed by atoms with Gasteiger partial charge in [-0.15, -0.1) is 0 Å². The zero-order valence-electron chi connectivity index (χ0n) is 13.4. The van der Waals surface area contributed by atoms with Crippen LogP contribution in [0.3, 0.4) is 0 Å². The summed E-state index contributed by atoms with van der Waals surface area (Å²) in [6.45, 7) is 5.37. The van der Waals surface area contributed by atoms with E-state index >= 15 is 0 Å². The first-order valence-electron chi connectivity index (χ1n) is 6.87. The molecule has 0 aliphatic heterocycles. The van der Waals surface area contributed by atoms with Gasteiger partial charge in [0.25, 0.3) is 0 Å². The number of hydrogen-bond donors (Lipinski definition) is 1. The van der Waals surface area contributed by atoms with Crippen LogP contribution in [0, 0.1) is 0 Å². The average molecular weight is 304 g/mol. The van der Waals surface area contributed by atoms with Crippen LogP contribution in [0.1, 0.15) is 31.1 Å². The number of benzene rings is 2. The Morgan fingerprint density at radius 2 is 1.73 bits per heavy atom. The molecule has 22 heavy (non-hydrogen) atoms. The molecule has 2 rings (SSSR count). The molecule has 0 atom stereocenters. The Hall–Kier alpha value is -2.43. The molecule has 0 radical (unpaired) electrons. The molecule has 0 spiro atoms. The molecular formula is C17H20O5. The average Bonchev–Trinajstić information content (AvgIpc) is 2.43. The van der Waals surface area contributed by atoms with E-state index in [-0.39, 0.29) is 11.3 Å². The van der Waals surface area contributed by atoms with Crippen molar-refractivity contribution in [2.75, 3.05) is 14.2 Å². The lowest BCUT2D eigenvalue weighted by Crippen LogP contribution is -2.23. The Balaban J connectivity index is 2.59. The van der Waals surface area contributed by atoms with E-state index in [4.69, 9.17) is 14.2 Å². The van der Waals surface area contributed by atoms with Crippen LogP contribution in [-0.4, -0.2) is 30.9 Å². The molecule has 1 N–H and O–H groups in total. The van der Waals surface area contributed by atoms with Gasteiger partial charge in [0.05, 0.1) is 25.2 Å². The first-order chi connectivity index (χ1) is 10.2. The van der Waals surface area contributed by atoms with Gasteiger partial charge in [0.2, 0.25) is 0 Å². The zero-order chi connectivity index (χ0) is 16.5. The Labute approximate surface area is 129 Å². The van der Waals surface area contributed by atoms with Crippen molar-refractivity contribution >= 4 is 16.7 Å². The number of carbonyl (C=O) groups is 1. The minimum absolute atomic E-state index is 0.0436. The predicted octanol–water partition coefficient (Wildman–Crippen LogP) is 3.52. The smallest absolute Gasteiger partial charge is 0.338 e. The minimum atomic E-state index is -0.603. The number of phenols is 1. The summed E-state index contributed by atoms with van der Waals surface area (Å²) >= 11 is 0. The van der Waals surface area contributed by atoms with Gasteiger partial charge in [-0.2, -0.15) is 0 Å². The molecule has 0 saturated carbocycles. The molecule has 0 aliphatic rings. The van der Waals surface area contributed by atoms with Crippen LogP contribution >= 0.6 is 0 Å². The SMILES string of the molecule is COc1cc(OC)c2c(O)cc(C(=O)OC(C)(C)C)cc2c1. The van der Waals surface area contributed by atoms with Crippen LogP contribution in [0.5, 0.6) is 17.2 Å². The fourth-order valence-electron chi connectivity index (χ4n) is 2.16. The van der Waals surface area contributed by atoms with E-state index in [0.717, 1.165) is 0 Å². The number of phenolic OH excluding ortho intramolecular Hbond substituents is 1. The minimum Gasteiger partial charge on any atom is -0.507 e. The quantitative estimate of drug-likeness (QED) is 0.879. The zero-order valence-corrected chi connectivity index (χ0v) is 13.4. The molecule has 5 nitrogen and oxygen atoms in total. The summed E-state index contributed by atoms with van der Waals surface area (Å²) in [5.74, 6) is 0.511. The van der Waals surface area contributed by atoms with Crippen molar-refractivity contribution in [3.8, 4) is 17.2 Å². The fourth-order valence-corrected chi connectivity index (χ4v) is 2.16. The first-order valence-corrected chi connectivity index (χ1v) is 6.87. The van der Waals surface area contributed by atoms with Crippen molar-refractivity contribution in [2.45, 2.75) is 26.4 Å². The van der Waals surface area contributed by atoms with E-state index in [9.17, 15) is 9.90 Å². The van der Waals surface area contributed by atoms with E-state index in [0.29, 0.717) is 22.3 Å². The highest BCUT2D eigenvalue weighted by Gasteiger charge is 2.20. The van der Waals surface area contributed by atoms with Gasteiger partial charge in [-0.25, -0.2) is 4.79 Å². The van der Waals surface area contributed by atoms with E-state index in [1.807, 2.05) is 0 Å². The van der Waals surface area contributed by atoms with Gasteiger partial charge < -0.3 is 19.3 Å². The second-order valence-electron chi connectivity index (χ2n) is 5.93. The topological polar surface area (TPSA) is 65.0 Å². The highest BCUT2D eigenvalue weighted by Crippen LogP contribution is 2.38. The maximum atomic E-state index is 12.2. The Morgan fingerprint density at radius 3 is 2.27 bits per heavy atom. The highest BCUT2D eigenvalue weighted by molar-refractivity contribution is 6.01. The number of carbonyl (C=O) groups excluding carboxylic acids is 1. The number of esters is 1. The molecular weight excluding hydrogens is 284 g/mol. The second kappa shape index (κ2) is 5.75. The molecule has 0 bridgehead atoms. The Kier molecular flexibility index (Phi) is 4.17. The maximum absolute atomic E-state index is 12.2. The molecule has 0 aliphatic carbocycles. The molecule has 2 aromatic carbocycles. The summed E-state index contributed by atoms with van der Waals surface area (Å²) in [6.07, 6.45) is 0. The van der Waals surface area contributed by atoms with Crippen LogP contribution in [-0.2, 0) is 4.74 Å². The lowest BCUT2D eigenvalue weighted by molar-refractivity contribution is 0.00693. The van der Waals surface area contributed by atoms with Crippen molar-refractivity contribution in [3.05, 3.63) is 29.8 Å². The number of hydrogen-bond acceptors (Lipinski definition) is 5. The number of aromatic hydroxyl groups is 1. The fraction of sp³-hybridized carbons (Fsp3) is 0.353. The summed E-state index contributed by atoms with van der Waals surface area (Å²) < 4.78 is 15.8. The van der Waals surface area contributed by atoms with E-state index < -0.39 is 11.6 Å². The van der Waals surface area contributed by atoms with E-state index in [2.05, 4.69) is 0 Å². The maximum Gasteiger partial charge on any atom is 0.338 e. The third kappa shape index (κ3) is 3.24. The van der Waals surface area contributed by atoms with Gasteiger partial charge in [-0.3, -0.25) is 0 Å². The molecule has 118 valence electrons. The van der Waals surface area contributed by atoms with Gasteiger partial charge in [0, 0.05) is 6.07 Å². The Morgan fingerprint density at radius 1 is 1.05 bits per heavy atom. The molecule has 0 heterocycles. The molecule has 0 saturated heterocycles. The first kappa shape index (κ1) is 15.9. The van der Waals surface area contributed by atoms with Gasteiger partial charge in [0.15, 0.2) is 0 Å². The number of fused-ring (bicyclic) bond motifs is 1. The van der Waals surface area contributed by atoms with E-state index in [1.54, 1.807) is 39.0 Å². The van der Waals surface area contributed by atoms with Gasteiger partial charge in [-0.05, 0) is 44.4 Å². The number of methoxy groups -OCH3 is 2. The summed E-state index contributed by atoms with van der Waals surface area (Å²) in [7, 11) is 3.05. The van der Waals surface area contributed by atoms with Gasteiger partial charge in [0.1, 0.15) is 22.8 Å². The number of ether oxygens (including phenoxy) is 3. The molecule has 0 aromatic heterocycles. The molecule has 0 unspecified atom stereocenters. The van der Waals surface area contributed by atoms with Crippen molar-refractivity contribution in [1.29, 1.82) is 0 Å².